The van der Waals surface area contributed by atoms with E-state index < -0.39 is 10.0 Å². The molecule has 0 bridgehead atoms. The lowest BCUT2D eigenvalue weighted by molar-refractivity contribution is 0.332. The van der Waals surface area contributed by atoms with Crippen LogP contribution in [0.15, 0.2) is 0 Å². The number of nitrogens with one attached hydrogen (secondary N) is 1. The molecule has 0 aromatic heterocycles. The number of hydrogen-bond donors (Lipinski definition) is 1. The van der Waals surface area contributed by atoms with Crippen LogP contribution in [0, 0.1) is 11.8 Å². The van der Waals surface area contributed by atoms with Gasteiger partial charge in [-0.2, -0.15) is 0 Å². The zero-order valence-corrected chi connectivity index (χ0v) is 13.0. The zero-order chi connectivity index (χ0) is 13.8. The first kappa shape index (κ1) is 15.9. The number of sulfonamides is 1. The van der Waals surface area contributed by atoms with Gasteiger partial charge in [-0.25, -0.2) is 12.7 Å². The fourth-order valence-electron chi connectivity index (χ4n) is 2.37. The van der Waals surface area contributed by atoms with Gasteiger partial charge in [0.2, 0.25) is 10.0 Å². The number of nitrogens with zero attached hydrogens (tertiary/aromatic N) is 1. The van der Waals surface area contributed by atoms with E-state index in [1.807, 2.05) is 0 Å². The maximum atomic E-state index is 12.4. The van der Waals surface area contributed by atoms with E-state index in [0.29, 0.717) is 24.9 Å². The Labute approximate surface area is 112 Å². The summed E-state index contributed by atoms with van der Waals surface area (Å²) >= 11 is 0. The van der Waals surface area contributed by atoms with E-state index in [1.165, 1.54) is 0 Å². The lowest BCUT2D eigenvalue weighted by Gasteiger charge is -2.27. The molecule has 0 aromatic carbocycles. The van der Waals surface area contributed by atoms with Gasteiger partial charge in [-0.3, -0.25) is 0 Å². The van der Waals surface area contributed by atoms with E-state index in [0.717, 1.165) is 19.4 Å². The van der Waals surface area contributed by atoms with Crippen molar-refractivity contribution in [1.29, 1.82) is 0 Å². The largest absolute Gasteiger partial charge is 0.313 e. The Bertz CT molecular complexity index is 323. The van der Waals surface area contributed by atoms with E-state index in [4.69, 9.17) is 0 Å². The molecule has 1 fully saturated rings. The third-order valence-electron chi connectivity index (χ3n) is 3.11. The van der Waals surface area contributed by atoms with Crippen molar-refractivity contribution in [3.05, 3.63) is 0 Å². The SMILES string of the molecule is CC(C)CN(CC(C)C)S(=O)(=O)CC1CCCN1. The van der Waals surface area contributed by atoms with E-state index >= 15 is 0 Å². The highest BCUT2D eigenvalue weighted by molar-refractivity contribution is 7.89. The van der Waals surface area contributed by atoms with Crippen LogP contribution in [0.25, 0.3) is 0 Å². The van der Waals surface area contributed by atoms with Crippen LogP contribution in [0.1, 0.15) is 40.5 Å². The van der Waals surface area contributed by atoms with E-state index in [2.05, 4.69) is 33.0 Å². The average molecular weight is 276 g/mol. The molecule has 1 unspecified atom stereocenters. The summed E-state index contributed by atoms with van der Waals surface area (Å²) in [6.45, 7) is 10.5. The maximum Gasteiger partial charge on any atom is 0.215 e. The van der Waals surface area contributed by atoms with Crippen LogP contribution in [0.3, 0.4) is 0 Å². The predicted octanol–water partition coefficient (Wildman–Crippen LogP) is 1.68. The monoisotopic (exact) mass is 276 g/mol. The first-order valence-corrected chi connectivity index (χ1v) is 8.63. The smallest absolute Gasteiger partial charge is 0.215 e. The first-order valence-electron chi connectivity index (χ1n) is 7.02. The summed E-state index contributed by atoms with van der Waals surface area (Å²) in [5, 5.41) is 3.27. The lowest BCUT2D eigenvalue weighted by atomic mass is 10.2. The molecule has 1 rings (SSSR count). The van der Waals surface area contributed by atoms with Crippen LogP contribution >= 0.6 is 0 Å². The molecule has 1 heterocycles. The van der Waals surface area contributed by atoms with Crippen molar-refractivity contribution in [2.45, 2.75) is 46.6 Å². The second-order valence-electron chi connectivity index (χ2n) is 6.18. The highest BCUT2D eigenvalue weighted by atomic mass is 32.2. The third-order valence-corrected chi connectivity index (χ3v) is 5.01. The quantitative estimate of drug-likeness (QED) is 0.770. The van der Waals surface area contributed by atoms with Gasteiger partial charge in [-0.05, 0) is 31.2 Å². The van der Waals surface area contributed by atoms with Crippen molar-refractivity contribution >= 4 is 10.0 Å². The molecule has 0 radical (unpaired) electrons. The van der Waals surface area contributed by atoms with Crippen molar-refractivity contribution in [1.82, 2.24) is 9.62 Å². The fraction of sp³-hybridized carbons (Fsp3) is 1.00. The van der Waals surface area contributed by atoms with Gasteiger partial charge in [0.15, 0.2) is 0 Å². The van der Waals surface area contributed by atoms with Crippen molar-refractivity contribution in [3.63, 3.8) is 0 Å². The molecule has 5 heteroatoms. The van der Waals surface area contributed by atoms with Gasteiger partial charge >= 0.3 is 0 Å². The van der Waals surface area contributed by atoms with Crippen molar-refractivity contribution in [3.8, 4) is 0 Å². The van der Waals surface area contributed by atoms with Crippen LogP contribution < -0.4 is 5.32 Å². The Morgan fingerprint density at radius 2 is 1.72 bits per heavy atom. The standard InChI is InChI=1S/C13H28N2O2S/c1-11(2)8-15(9-12(3)4)18(16,17)10-13-6-5-7-14-13/h11-14H,5-10H2,1-4H3. The molecule has 1 aliphatic heterocycles. The summed E-state index contributed by atoms with van der Waals surface area (Å²) in [5.41, 5.74) is 0. The van der Waals surface area contributed by atoms with Crippen LogP contribution in [-0.2, 0) is 10.0 Å². The van der Waals surface area contributed by atoms with E-state index in [-0.39, 0.29) is 11.8 Å². The molecule has 0 spiro atoms. The molecule has 1 saturated heterocycles. The Morgan fingerprint density at radius 3 is 2.11 bits per heavy atom. The lowest BCUT2D eigenvalue weighted by Crippen LogP contribution is -2.42. The van der Waals surface area contributed by atoms with Crippen molar-refractivity contribution in [2.75, 3.05) is 25.4 Å². The normalized spacial score (nSPS) is 21.4. The molecule has 0 aliphatic carbocycles. The molecule has 0 saturated carbocycles. The summed E-state index contributed by atoms with van der Waals surface area (Å²) in [7, 11) is -3.13. The Balaban J connectivity index is 2.67. The maximum absolute atomic E-state index is 12.4. The summed E-state index contributed by atoms with van der Waals surface area (Å²) in [6, 6.07) is 0.150. The van der Waals surface area contributed by atoms with Gasteiger partial charge in [0.05, 0.1) is 5.75 Å². The van der Waals surface area contributed by atoms with Crippen LogP contribution in [0.5, 0.6) is 0 Å². The van der Waals surface area contributed by atoms with E-state index in [1.54, 1.807) is 4.31 Å². The molecule has 108 valence electrons. The second-order valence-corrected chi connectivity index (χ2v) is 8.19. The minimum atomic E-state index is -3.13. The first-order chi connectivity index (χ1) is 8.31. The highest BCUT2D eigenvalue weighted by Crippen LogP contribution is 2.14. The third kappa shape index (κ3) is 5.24. The van der Waals surface area contributed by atoms with Crippen LogP contribution in [0.2, 0.25) is 0 Å². The van der Waals surface area contributed by atoms with Gasteiger partial charge in [0.1, 0.15) is 0 Å². The Morgan fingerprint density at radius 1 is 1.17 bits per heavy atom. The minimum absolute atomic E-state index is 0.150. The molecule has 4 nitrogen and oxygen atoms in total. The number of hydrogen-bond acceptors (Lipinski definition) is 3. The topological polar surface area (TPSA) is 49.4 Å². The van der Waals surface area contributed by atoms with Gasteiger partial charge in [0.25, 0.3) is 0 Å². The fourth-order valence-corrected chi connectivity index (χ4v) is 4.43. The molecule has 18 heavy (non-hydrogen) atoms. The zero-order valence-electron chi connectivity index (χ0n) is 12.1. The minimum Gasteiger partial charge on any atom is -0.313 e. The Hall–Kier alpha value is -0.130. The van der Waals surface area contributed by atoms with Gasteiger partial charge in [0, 0.05) is 19.1 Å². The van der Waals surface area contributed by atoms with Gasteiger partial charge < -0.3 is 5.32 Å². The molecule has 0 amide bonds. The van der Waals surface area contributed by atoms with Crippen molar-refractivity contribution in [2.24, 2.45) is 11.8 Å². The molecule has 1 N–H and O–H groups in total. The van der Waals surface area contributed by atoms with Gasteiger partial charge in [-0.1, -0.05) is 27.7 Å². The molecule has 1 atom stereocenters. The molecule has 0 aromatic rings. The highest BCUT2D eigenvalue weighted by Gasteiger charge is 2.28. The van der Waals surface area contributed by atoms with Gasteiger partial charge in [-0.15, -0.1) is 0 Å². The van der Waals surface area contributed by atoms with E-state index in [9.17, 15) is 8.42 Å². The summed E-state index contributed by atoms with van der Waals surface area (Å²) in [5.74, 6) is 0.997. The number of rotatable bonds is 7. The molecular formula is C13H28N2O2S. The molecule has 1 aliphatic rings. The van der Waals surface area contributed by atoms with Crippen LogP contribution in [-0.4, -0.2) is 44.2 Å². The summed E-state index contributed by atoms with van der Waals surface area (Å²) in [6.07, 6.45) is 2.07. The van der Waals surface area contributed by atoms with Crippen LogP contribution in [0.4, 0.5) is 0 Å². The average Bonchev–Trinajstić information content (AvgIpc) is 2.67. The molecular weight excluding hydrogens is 248 g/mol. The Kier molecular flexibility index (Phi) is 6.08. The van der Waals surface area contributed by atoms with Crippen molar-refractivity contribution < 1.29 is 8.42 Å². The predicted molar refractivity (Wildman–Crippen MR) is 76.1 cm³/mol. The summed E-state index contributed by atoms with van der Waals surface area (Å²) in [4.78, 5) is 0. The second kappa shape index (κ2) is 6.87. The summed E-state index contributed by atoms with van der Waals surface area (Å²) < 4.78 is 26.6.